The number of benzene rings is 2. The monoisotopic (exact) mass is 442 g/mol. The minimum atomic E-state index is -4.50. The van der Waals surface area contributed by atoms with Gasteiger partial charge in [0.2, 0.25) is 0 Å². The zero-order valence-electron chi connectivity index (χ0n) is 14.1. The summed E-state index contributed by atoms with van der Waals surface area (Å²) in [5.41, 5.74) is -0.292. The SMILES string of the molecule is C=C(C)CN(C(=O)c1cc([N+](=O)[O-])ccc1Br)c1ccc(C(F)(F)F)cc1. The number of rotatable bonds is 5. The number of nitro groups is 1. The summed E-state index contributed by atoms with van der Waals surface area (Å²) in [5.74, 6) is -0.603. The minimum Gasteiger partial charge on any atom is -0.304 e. The van der Waals surface area contributed by atoms with Gasteiger partial charge in [0.05, 0.1) is 16.1 Å². The Bertz CT molecular complexity index is 896. The van der Waals surface area contributed by atoms with Gasteiger partial charge in [0.15, 0.2) is 0 Å². The molecule has 0 saturated carbocycles. The topological polar surface area (TPSA) is 63.5 Å². The third-order valence-electron chi connectivity index (χ3n) is 3.57. The zero-order valence-corrected chi connectivity index (χ0v) is 15.7. The molecule has 0 aliphatic heterocycles. The number of carbonyl (C=O) groups excluding carboxylic acids is 1. The Morgan fingerprint density at radius 2 is 1.81 bits per heavy atom. The molecule has 0 aromatic heterocycles. The number of hydrogen-bond donors (Lipinski definition) is 0. The first-order chi connectivity index (χ1) is 12.5. The summed E-state index contributed by atoms with van der Waals surface area (Å²) in [6.45, 7) is 5.43. The maximum absolute atomic E-state index is 13.0. The molecule has 5 nitrogen and oxygen atoms in total. The molecule has 0 atom stereocenters. The van der Waals surface area contributed by atoms with Gasteiger partial charge in [0, 0.05) is 28.8 Å². The average Bonchev–Trinajstić information content (AvgIpc) is 2.58. The van der Waals surface area contributed by atoms with Gasteiger partial charge < -0.3 is 4.90 Å². The lowest BCUT2D eigenvalue weighted by Gasteiger charge is -2.24. The van der Waals surface area contributed by atoms with E-state index in [-0.39, 0.29) is 23.5 Å². The van der Waals surface area contributed by atoms with Crippen molar-refractivity contribution in [1.29, 1.82) is 0 Å². The summed E-state index contributed by atoms with van der Waals surface area (Å²) in [6, 6.07) is 7.82. The molecule has 0 spiro atoms. The van der Waals surface area contributed by atoms with E-state index in [1.54, 1.807) is 6.92 Å². The molecule has 2 rings (SSSR count). The molecule has 0 bridgehead atoms. The number of alkyl halides is 3. The van der Waals surface area contributed by atoms with E-state index in [2.05, 4.69) is 22.5 Å². The summed E-state index contributed by atoms with van der Waals surface area (Å²) < 4.78 is 38.6. The van der Waals surface area contributed by atoms with Crippen molar-refractivity contribution in [3.8, 4) is 0 Å². The van der Waals surface area contributed by atoms with Crippen LogP contribution >= 0.6 is 15.9 Å². The molecule has 2 aromatic rings. The number of carbonyl (C=O) groups is 1. The van der Waals surface area contributed by atoms with Gasteiger partial charge in [-0.15, -0.1) is 0 Å². The number of hydrogen-bond acceptors (Lipinski definition) is 3. The van der Waals surface area contributed by atoms with Crippen LogP contribution in [0.1, 0.15) is 22.8 Å². The quantitative estimate of drug-likeness (QED) is 0.344. The van der Waals surface area contributed by atoms with Crippen molar-refractivity contribution in [3.05, 3.63) is 80.3 Å². The van der Waals surface area contributed by atoms with E-state index in [1.807, 2.05) is 0 Å². The van der Waals surface area contributed by atoms with Crippen LogP contribution in [0.5, 0.6) is 0 Å². The second-order valence-corrected chi connectivity index (χ2v) is 6.67. The van der Waals surface area contributed by atoms with Gasteiger partial charge in [0.1, 0.15) is 0 Å². The lowest BCUT2D eigenvalue weighted by atomic mass is 10.1. The molecule has 0 radical (unpaired) electrons. The van der Waals surface area contributed by atoms with Crippen molar-refractivity contribution in [2.45, 2.75) is 13.1 Å². The number of amides is 1. The maximum Gasteiger partial charge on any atom is 0.416 e. The van der Waals surface area contributed by atoms with Gasteiger partial charge in [0.25, 0.3) is 11.6 Å². The van der Waals surface area contributed by atoms with Gasteiger partial charge in [-0.25, -0.2) is 0 Å². The van der Waals surface area contributed by atoms with Crippen LogP contribution in [0.2, 0.25) is 0 Å². The van der Waals surface area contributed by atoms with Crippen molar-refractivity contribution in [2.75, 3.05) is 11.4 Å². The fraction of sp³-hybridized carbons (Fsp3) is 0.167. The molecule has 0 aliphatic rings. The molecule has 0 aliphatic carbocycles. The van der Waals surface area contributed by atoms with Crippen LogP contribution in [-0.4, -0.2) is 17.4 Å². The first-order valence-corrected chi connectivity index (χ1v) is 8.37. The molecule has 2 aromatic carbocycles. The fourth-order valence-corrected chi connectivity index (χ4v) is 2.73. The summed E-state index contributed by atoms with van der Waals surface area (Å²) in [6.07, 6.45) is -4.50. The molecule has 9 heteroatoms. The molecule has 0 fully saturated rings. The van der Waals surface area contributed by atoms with Gasteiger partial charge >= 0.3 is 6.18 Å². The molecule has 1 amide bonds. The Morgan fingerprint density at radius 1 is 1.22 bits per heavy atom. The Kier molecular flexibility index (Phi) is 6.04. The van der Waals surface area contributed by atoms with E-state index in [4.69, 9.17) is 0 Å². The van der Waals surface area contributed by atoms with E-state index in [1.165, 1.54) is 29.2 Å². The highest BCUT2D eigenvalue weighted by Crippen LogP contribution is 2.32. The standard InChI is InChI=1S/C18H14BrF3N2O3/c1-11(2)10-23(13-5-3-12(4-6-13)18(20,21)22)17(25)15-9-14(24(26)27)7-8-16(15)19/h3-9H,1,10H2,2H3. The van der Waals surface area contributed by atoms with Crippen molar-refractivity contribution in [1.82, 2.24) is 0 Å². The van der Waals surface area contributed by atoms with Crippen molar-refractivity contribution in [2.24, 2.45) is 0 Å². The van der Waals surface area contributed by atoms with Gasteiger partial charge in [-0.3, -0.25) is 14.9 Å². The van der Waals surface area contributed by atoms with Crippen LogP contribution in [0, 0.1) is 10.1 Å². The van der Waals surface area contributed by atoms with E-state index >= 15 is 0 Å². The Labute approximate surface area is 161 Å². The van der Waals surface area contributed by atoms with Gasteiger partial charge in [-0.1, -0.05) is 12.2 Å². The average molecular weight is 443 g/mol. The van der Waals surface area contributed by atoms with Crippen LogP contribution in [0.4, 0.5) is 24.5 Å². The molecule has 142 valence electrons. The predicted octanol–water partition coefficient (Wildman–Crippen LogP) is 5.60. The van der Waals surface area contributed by atoms with E-state index in [0.717, 1.165) is 18.2 Å². The fourth-order valence-electron chi connectivity index (χ4n) is 2.32. The molecule has 0 unspecified atom stereocenters. The predicted molar refractivity (Wildman–Crippen MR) is 98.7 cm³/mol. The molecule has 27 heavy (non-hydrogen) atoms. The molecule has 0 heterocycles. The third kappa shape index (κ3) is 4.94. The normalized spacial score (nSPS) is 11.1. The first-order valence-electron chi connectivity index (χ1n) is 7.58. The smallest absolute Gasteiger partial charge is 0.304 e. The Morgan fingerprint density at radius 3 is 2.30 bits per heavy atom. The summed E-state index contributed by atoms with van der Waals surface area (Å²) >= 11 is 3.18. The lowest BCUT2D eigenvalue weighted by molar-refractivity contribution is -0.384. The third-order valence-corrected chi connectivity index (χ3v) is 4.26. The maximum atomic E-state index is 13.0. The largest absolute Gasteiger partial charge is 0.416 e. The van der Waals surface area contributed by atoms with E-state index in [0.29, 0.717) is 10.0 Å². The highest BCUT2D eigenvalue weighted by molar-refractivity contribution is 9.10. The number of anilines is 1. The van der Waals surface area contributed by atoms with Crippen molar-refractivity contribution < 1.29 is 22.9 Å². The van der Waals surface area contributed by atoms with Gasteiger partial charge in [-0.05, 0) is 53.2 Å². The van der Waals surface area contributed by atoms with Crippen LogP contribution < -0.4 is 4.90 Å². The number of nitrogens with zero attached hydrogens (tertiary/aromatic N) is 2. The highest BCUT2D eigenvalue weighted by Gasteiger charge is 2.30. The molecule has 0 saturated heterocycles. The number of nitro benzene ring substituents is 1. The van der Waals surface area contributed by atoms with E-state index in [9.17, 15) is 28.1 Å². The summed E-state index contributed by atoms with van der Waals surface area (Å²) in [7, 11) is 0. The minimum absolute atomic E-state index is 0.0188. The first kappa shape index (κ1) is 20.6. The zero-order chi connectivity index (χ0) is 20.4. The Hall–Kier alpha value is -2.68. The van der Waals surface area contributed by atoms with Gasteiger partial charge in [-0.2, -0.15) is 13.2 Å². The molecular weight excluding hydrogens is 429 g/mol. The highest BCUT2D eigenvalue weighted by atomic mass is 79.9. The van der Waals surface area contributed by atoms with Crippen molar-refractivity contribution in [3.63, 3.8) is 0 Å². The lowest BCUT2D eigenvalue weighted by Crippen LogP contribution is -2.32. The van der Waals surface area contributed by atoms with Crippen LogP contribution in [0.25, 0.3) is 0 Å². The molecule has 0 N–H and O–H groups in total. The van der Waals surface area contributed by atoms with Crippen LogP contribution in [0.15, 0.2) is 59.1 Å². The summed E-state index contributed by atoms with van der Waals surface area (Å²) in [4.78, 5) is 24.5. The number of halogens is 4. The summed E-state index contributed by atoms with van der Waals surface area (Å²) in [5, 5.41) is 11.0. The van der Waals surface area contributed by atoms with Crippen LogP contribution in [0.3, 0.4) is 0 Å². The van der Waals surface area contributed by atoms with Crippen LogP contribution in [-0.2, 0) is 6.18 Å². The second kappa shape index (κ2) is 7.91. The second-order valence-electron chi connectivity index (χ2n) is 5.81. The Balaban J connectivity index is 2.48. The van der Waals surface area contributed by atoms with Crippen molar-refractivity contribution >= 4 is 33.2 Å². The molecular formula is C18H14BrF3N2O3. The number of non-ortho nitro benzene ring substituents is 1. The van der Waals surface area contributed by atoms with E-state index < -0.39 is 22.6 Å².